The minimum Gasteiger partial charge on any atom is -0.462 e. The third-order valence-corrected chi connectivity index (χ3v) is 6.64. The van der Waals surface area contributed by atoms with Crippen LogP contribution in [-0.2, 0) is 22.4 Å². The van der Waals surface area contributed by atoms with E-state index >= 15 is 0 Å². The van der Waals surface area contributed by atoms with Crippen LogP contribution in [0.4, 0.5) is 5.00 Å². The first-order valence-corrected chi connectivity index (χ1v) is 11.2. The second kappa shape index (κ2) is 8.77. The van der Waals surface area contributed by atoms with E-state index < -0.39 is 0 Å². The number of thiophene rings is 2. The molecule has 0 saturated carbocycles. The highest BCUT2D eigenvalue weighted by Crippen LogP contribution is 2.34. The molecule has 0 aliphatic heterocycles. The van der Waals surface area contributed by atoms with E-state index in [1.165, 1.54) is 22.7 Å². The van der Waals surface area contributed by atoms with Gasteiger partial charge in [-0.3, -0.25) is 4.79 Å². The summed E-state index contributed by atoms with van der Waals surface area (Å²) >= 11 is 4.56. The molecule has 0 radical (unpaired) electrons. The van der Waals surface area contributed by atoms with Crippen LogP contribution in [0.3, 0.4) is 0 Å². The Hall–Kier alpha value is -2.03. The summed E-state index contributed by atoms with van der Waals surface area (Å²) in [5.41, 5.74) is 3.21. The van der Waals surface area contributed by atoms with Gasteiger partial charge in [0.2, 0.25) is 5.91 Å². The molecule has 1 N–H and O–H groups in total. The molecule has 3 aromatic heterocycles. The van der Waals surface area contributed by atoms with E-state index in [0.29, 0.717) is 23.6 Å². The van der Waals surface area contributed by atoms with Gasteiger partial charge in [-0.05, 0) is 37.3 Å². The number of thiazole rings is 1. The van der Waals surface area contributed by atoms with Gasteiger partial charge < -0.3 is 10.1 Å². The number of hydrogen-bond donors (Lipinski definition) is 1. The summed E-state index contributed by atoms with van der Waals surface area (Å²) < 4.78 is 5.18. The van der Waals surface area contributed by atoms with Crippen LogP contribution in [0.5, 0.6) is 0 Å². The van der Waals surface area contributed by atoms with Crippen LogP contribution in [0.15, 0.2) is 22.2 Å². The SMILES string of the molecule is CCOC(=O)c1c(NC(=O)Cc2csc(-c3ccsc3)n2)sc(C)c1CC. The van der Waals surface area contributed by atoms with Crippen LogP contribution in [0.25, 0.3) is 10.6 Å². The Morgan fingerprint density at radius 3 is 2.74 bits per heavy atom. The summed E-state index contributed by atoms with van der Waals surface area (Å²) in [5, 5.41) is 10.3. The van der Waals surface area contributed by atoms with E-state index in [0.717, 1.165) is 26.7 Å². The molecule has 8 heteroatoms. The zero-order chi connectivity index (χ0) is 19.4. The van der Waals surface area contributed by atoms with E-state index in [9.17, 15) is 9.59 Å². The number of ether oxygens (including phenoxy) is 1. The lowest BCUT2D eigenvalue weighted by Crippen LogP contribution is -2.17. The van der Waals surface area contributed by atoms with Crippen LogP contribution in [0.2, 0.25) is 0 Å². The van der Waals surface area contributed by atoms with Gasteiger partial charge in [-0.2, -0.15) is 11.3 Å². The minimum absolute atomic E-state index is 0.168. The first-order valence-electron chi connectivity index (χ1n) is 8.59. The number of nitrogens with zero attached hydrogens (tertiary/aromatic N) is 1. The molecule has 0 atom stereocenters. The Kier molecular flexibility index (Phi) is 6.41. The predicted octanol–water partition coefficient (Wildman–Crippen LogP) is 5.16. The Morgan fingerprint density at radius 2 is 2.07 bits per heavy atom. The molecule has 3 rings (SSSR count). The lowest BCUT2D eigenvalue weighted by molar-refractivity contribution is -0.115. The Labute approximate surface area is 170 Å². The lowest BCUT2D eigenvalue weighted by atomic mass is 10.1. The normalized spacial score (nSPS) is 10.8. The summed E-state index contributed by atoms with van der Waals surface area (Å²) in [6.45, 7) is 6.02. The van der Waals surface area contributed by atoms with Crippen LogP contribution in [0.1, 0.15) is 40.3 Å². The molecule has 0 unspecified atom stereocenters. The minimum atomic E-state index is -0.387. The Bertz CT molecular complexity index is 942. The molecule has 142 valence electrons. The van der Waals surface area contributed by atoms with Crippen molar-refractivity contribution in [2.75, 3.05) is 11.9 Å². The molecule has 0 bridgehead atoms. The molecular formula is C19H20N2O3S3. The monoisotopic (exact) mass is 420 g/mol. The molecule has 0 spiro atoms. The molecule has 5 nitrogen and oxygen atoms in total. The van der Waals surface area contributed by atoms with Gasteiger partial charge in [0.05, 0.1) is 24.3 Å². The van der Waals surface area contributed by atoms with Gasteiger partial charge in [-0.1, -0.05) is 6.92 Å². The average molecular weight is 421 g/mol. The Morgan fingerprint density at radius 1 is 1.26 bits per heavy atom. The topological polar surface area (TPSA) is 68.3 Å². The van der Waals surface area contributed by atoms with Gasteiger partial charge in [0.25, 0.3) is 0 Å². The van der Waals surface area contributed by atoms with Crippen molar-refractivity contribution in [3.63, 3.8) is 0 Å². The number of carbonyl (C=O) groups is 2. The molecular weight excluding hydrogens is 400 g/mol. The molecule has 3 aromatic rings. The van der Waals surface area contributed by atoms with Gasteiger partial charge in [-0.15, -0.1) is 22.7 Å². The first-order chi connectivity index (χ1) is 13.0. The third kappa shape index (κ3) is 4.45. The zero-order valence-corrected chi connectivity index (χ0v) is 17.8. The average Bonchev–Trinajstić information content (AvgIpc) is 3.34. The number of aromatic nitrogens is 1. The van der Waals surface area contributed by atoms with Gasteiger partial charge >= 0.3 is 5.97 Å². The van der Waals surface area contributed by atoms with E-state index in [1.807, 2.05) is 36.1 Å². The number of aryl methyl sites for hydroxylation is 1. The van der Waals surface area contributed by atoms with Crippen molar-refractivity contribution >= 4 is 50.9 Å². The summed E-state index contributed by atoms with van der Waals surface area (Å²) in [6.07, 6.45) is 0.879. The summed E-state index contributed by atoms with van der Waals surface area (Å²) in [7, 11) is 0. The fourth-order valence-corrected chi connectivity index (χ4v) is 5.44. The first kappa shape index (κ1) is 19.7. The lowest BCUT2D eigenvalue weighted by Gasteiger charge is -2.07. The van der Waals surface area contributed by atoms with E-state index in [-0.39, 0.29) is 18.3 Å². The maximum atomic E-state index is 12.5. The third-order valence-electron chi connectivity index (χ3n) is 3.96. The van der Waals surface area contributed by atoms with E-state index in [1.54, 1.807) is 18.3 Å². The van der Waals surface area contributed by atoms with E-state index in [2.05, 4.69) is 10.3 Å². The van der Waals surface area contributed by atoms with E-state index in [4.69, 9.17) is 4.74 Å². The van der Waals surface area contributed by atoms with Gasteiger partial charge in [0, 0.05) is 21.2 Å². The molecule has 1 amide bonds. The second-order valence-electron chi connectivity index (χ2n) is 5.80. The van der Waals surface area contributed by atoms with Crippen molar-refractivity contribution < 1.29 is 14.3 Å². The summed E-state index contributed by atoms with van der Waals surface area (Å²) in [4.78, 5) is 30.4. The standard InChI is InChI=1S/C19H20N2O3S3/c1-4-14-11(3)27-18(16(14)19(23)24-5-2)21-15(22)8-13-10-26-17(20-13)12-6-7-25-9-12/h6-7,9-10H,4-5,8H2,1-3H3,(H,21,22). The highest BCUT2D eigenvalue weighted by molar-refractivity contribution is 7.17. The largest absolute Gasteiger partial charge is 0.462 e. The fourth-order valence-electron chi connectivity index (χ4n) is 2.75. The van der Waals surface area contributed by atoms with Crippen molar-refractivity contribution in [2.24, 2.45) is 0 Å². The highest BCUT2D eigenvalue weighted by atomic mass is 32.1. The quantitative estimate of drug-likeness (QED) is 0.536. The Balaban J connectivity index is 1.75. The predicted molar refractivity (Wildman–Crippen MR) is 112 cm³/mol. The fraction of sp³-hybridized carbons (Fsp3) is 0.316. The number of esters is 1. The molecule has 0 fully saturated rings. The molecule has 0 aliphatic rings. The summed E-state index contributed by atoms with van der Waals surface area (Å²) in [6, 6.07) is 2.01. The van der Waals surface area contributed by atoms with Crippen LogP contribution in [0, 0.1) is 6.92 Å². The van der Waals surface area contributed by atoms with Gasteiger partial charge in [-0.25, -0.2) is 9.78 Å². The molecule has 0 saturated heterocycles. The number of rotatable bonds is 7. The maximum Gasteiger partial charge on any atom is 0.341 e. The molecule has 0 aromatic carbocycles. The highest BCUT2D eigenvalue weighted by Gasteiger charge is 2.23. The zero-order valence-electron chi connectivity index (χ0n) is 15.3. The van der Waals surface area contributed by atoms with Crippen molar-refractivity contribution in [3.8, 4) is 10.6 Å². The van der Waals surface area contributed by atoms with Crippen LogP contribution >= 0.6 is 34.0 Å². The number of hydrogen-bond acceptors (Lipinski definition) is 7. The van der Waals surface area contributed by atoms with Crippen molar-refractivity contribution in [1.82, 2.24) is 4.98 Å². The number of nitrogens with one attached hydrogen (secondary N) is 1. The van der Waals surface area contributed by atoms with Crippen molar-refractivity contribution in [3.05, 3.63) is 43.9 Å². The van der Waals surface area contributed by atoms with Crippen LogP contribution in [-0.4, -0.2) is 23.5 Å². The van der Waals surface area contributed by atoms with Gasteiger partial charge in [0.1, 0.15) is 10.0 Å². The second-order valence-corrected chi connectivity index (χ2v) is 8.66. The number of carbonyl (C=O) groups excluding carboxylic acids is 2. The smallest absolute Gasteiger partial charge is 0.341 e. The van der Waals surface area contributed by atoms with Crippen molar-refractivity contribution in [1.29, 1.82) is 0 Å². The maximum absolute atomic E-state index is 12.5. The number of anilines is 1. The van der Waals surface area contributed by atoms with Gasteiger partial charge in [0.15, 0.2) is 0 Å². The molecule has 3 heterocycles. The number of amides is 1. The van der Waals surface area contributed by atoms with Crippen LogP contribution < -0.4 is 5.32 Å². The molecule has 0 aliphatic carbocycles. The summed E-state index contributed by atoms with van der Waals surface area (Å²) in [5.74, 6) is -0.575. The van der Waals surface area contributed by atoms with Crippen molar-refractivity contribution in [2.45, 2.75) is 33.6 Å². The molecule has 27 heavy (non-hydrogen) atoms.